The maximum atomic E-state index is 14.4. The number of rotatable bonds is 13. The summed E-state index contributed by atoms with van der Waals surface area (Å²) in [6, 6.07) is 23.3. The summed E-state index contributed by atoms with van der Waals surface area (Å²) >= 11 is 6.15. The third-order valence-corrected chi connectivity index (χ3v) is 8.92. The van der Waals surface area contributed by atoms with Crippen molar-refractivity contribution in [3.8, 4) is 0 Å². The number of nitrogens with one attached hydrogen (secondary N) is 2. The van der Waals surface area contributed by atoms with Gasteiger partial charge in [0, 0.05) is 43.3 Å². The number of likely N-dealkylation sites (N-methyl/N-ethyl adjacent to an activating group) is 1. The molecule has 3 aromatic rings. The van der Waals surface area contributed by atoms with E-state index in [0.717, 1.165) is 51.0 Å². The topological polar surface area (TPSA) is 88.7 Å². The van der Waals surface area contributed by atoms with Crippen LogP contribution in [0.2, 0.25) is 5.02 Å². The number of fused-ring (bicyclic) bond motifs is 1. The minimum Gasteiger partial charge on any atom is -0.370 e. The van der Waals surface area contributed by atoms with Crippen LogP contribution in [0.15, 0.2) is 66.7 Å². The second-order valence-electron chi connectivity index (χ2n) is 11.5. The van der Waals surface area contributed by atoms with Crippen molar-refractivity contribution in [3.63, 3.8) is 0 Å². The molecule has 1 saturated heterocycles. The zero-order chi connectivity index (χ0) is 30.1. The van der Waals surface area contributed by atoms with E-state index in [1.165, 1.54) is 16.3 Å². The molecule has 0 aromatic heterocycles. The number of carbonyl (C=O) groups excluding carboxylic acids is 1. The molecule has 4 rings (SSSR count). The van der Waals surface area contributed by atoms with E-state index in [1.807, 2.05) is 24.3 Å². The number of hydrogen-bond acceptors (Lipinski definition) is 4. The van der Waals surface area contributed by atoms with Crippen molar-refractivity contribution in [3.05, 3.63) is 82.9 Å². The van der Waals surface area contributed by atoms with E-state index in [-0.39, 0.29) is 30.0 Å². The van der Waals surface area contributed by atoms with Crippen molar-refractivity contribution in [1.29, 1.82) is 5.41 Å². The highest BCUT2D eigenvalue weighted by Gasteiger charge is 2.38. The molecule has 0 aliphatic carbocycles. The first-order valence-electron chi connectivity index (χ1n) is 15.4. The predicted octanol–water partition coefficient (Wildman–Crippen LogP) is 5.15. The molecule has 1 fully saturated rings. The first kappa shape index (κ1) is 31.8. The van der Waals surface area contributed by atoms with E-state index >= 15 is 0 Å². The van der Waals surface area contributed by atoms with Gasteiger partial charge in [-0.05, 0) is 79.7 Å². The Kier molecular flexibility index (Phi) is 11.6. The molecule has 3 atom stereocenters. The van der Waals surface area contributed by atoms with E-state index in [4.69, 9.17) is 22.7 Å². The highest BCUT2D eigenvalue weighted by Crippen LogP contribution is 2.24. The van der Waals surface area contributed by atoms with E-state index in [0.29, 0.717) is 24.5 Å². The maximum absolute atomic E-state index is 14.4. The number of hydrogen-bond donors (Lipinski definition) is 3. The fraction of sp³-hybridized carbons (Fsp3) is 0.471. The maximum Gasteiger partial charge on any atom is 0.240 e. The van der Waals surface area contributed by atoms with Gasteiger partial charge in [0.2, 0.25) is 5.91 Å². The molecule has 1 heterocycles. The van der Waals surface area contributed by atoms with Crippen LogP contribution >= 0.6 is 11.6 Å². The van der Waals surface area contributed by atoms with Crippen molar-refractivity contribution in [2.45, 2.75) is 64.6 Å². The summed E-state index contributed by atoms with van der Waals surface area (Å²) in [6.45, 7) is 11.3. The Hall–Kier alpha value is -3.13. The van der Waals surface area contributed by atoms with E-state index < -0.39 is 0 Å². The van der Waals surface area contributed by atoms with E-state index in [9.17, 15) is 4.79 Å². The van der Waals surface area contributed by atoms with Gasteiger partial charge in [-0.2, -0.15) is 0 Å². The minimum absolute atomic E-state index is 0.0122. The molecule has 4 N–H and O–H groups in total. The number of halogens is 1. The van der Waals surface area contributed by atoms with Gasteiger partial charge >= 0.3 is 0 Å². The van der Waals surface area contributed by atoms with Crippen molar-refractivity contribution < 1.29 is 4.79 Å². The fourth-order valence-corrected chi connectivity index (χ4v) is 6.35. The number of amides is 1. The Morgan fingerprint density at radius 3 is 2.43 bits per heavy atom. The first-order chi connectivity index (χ1) is 20.3. The largest absolute Gasteiger partial charge is 0.370 e. The lowest BCUT2D eigenvalue weighted by molar-refractivity contribution is -0.144. The average molecular weight is 591 g/mol. The van der Waals surface area contributed by atoms with Gasteiger partial charge in [-0.1, -0.05) is 80.0 Å². The Bertz CT molecular complexity index is 1310. The molecule has 1 aliphatic rings. The van der Waals surface area contributed by atoms with Gasteiger partial charge in [0.25, 0.3) is 0 Å². The fourth-order valence-electron chi connectivity index (χ4n) is 6.23. The lowest BCUT2D eigenvalue weighted by Gasteiger charge is -2.47. The summed E-state index contributed by atoms with van der Waals surface area (Å²) in [4.78, 5) is 21.4. The predicted molar refractivity (Wildman–Crippen MR) is 175 cm³/mol. The SMILES string of the molecule is CCN(CC)[C@H](Cc1ccc(Cl)cc1)C(=O)N1C[C@@H](C)N(CCc2ccc3ccccc3c2)C[C@@H]1CCCNC(=N)N. The molecular weight excluding hydrogens is 544 g/mol. The van der Waals surface area contributed by atoms with Gasteiger partial charge in [0.05, 0.1) is 6.04 Å². The van der Waals surface area contributed by atoms with Gasteiger partial charge in [0.15, 0.2) is 5.96 Å². The van der Waals surface area contributed by atoms with Crippen LogP contribution in [-0.2, 0) is 17.6 Å². The second kappa shape index (κ2) is 15.4. The van der Waals surface area contributed by atoms with Crippen LogP contribution in [0.25, 0.3) is 10.8 Å². The van der Waals surface area contributed by atoms with Crippen LogP contribution in [0, 0.1) is 5.41 Å². The highest BCUT2D eigenvalue weighted by atomic mass is 35.5. The van der Waals surface area contributed by atoms with Crippen molar-refractivity contribution in [1.82, 2.24) is 20.0 Å². The molecule has 0 saturated carbocycles. The lowest BCUT2D eigenvalue weighted by atomic mass is 9.97. The number of piperazine rings is 1. The van der Waals surface area contributed by atoms with Gasteiger partial charge in [-0.25, -0.2) is 0 Å². The zero-order valence-electron chi connectivity index (χ0n) is 25.4. The van der Waals surface area contributed by atoms with Gasteiger partial charge < -0.3 is 16.0 Å². The molecule has 1 amide bonds. The number of benzene rings is 3. The summed E-state index contributed by atoms with van der Waals surface area (Å²) in [7, 11) is 0. The van der Waals surface area contributed by atoms with Crippen molar-refractivity contribution in [2.75, 3.05) is 39.3 Å². The van der Waals surface area contributed by atoms with Crippen molar-refractivity contribution in [2.24, 2.45) is 5.73 Å². The molecular formula is C34H47ClN6O. The Morgan fingerprint density at radius 2 is 1.74 bits per heavy atom. The number of nitrogens with two attached hydrogens (primary N) is 1. The molecule has 7 nitrogen and oxygen atoms in total. The second-order valence-corrected chi connectivity index (χ2v) is 11.9. The lowest BCUT2D eigenvalue weighted by Crippen LogP contribution is -2.62. The summed E-state index contributed by atoms with van der Waals surface area (Å²) in [5.74, 6) is 0.195. The molecule has 226 valence electrons. The van der Waals surface area contributed by atoms with Crippen LogP contribution in [0.5, 0.6) is 0 Å². The molecule has 42 heavy (non-hydrogen) atoms. The summed E-state index contributed by atoms with van der Waals surface area (Å²) in [5.41, 5.74) is 7.99. The van der Waals surface area contributed by atoms with E-state index in [2.05, 4.69) is 83.3 Å². The Labute approximate surface area is 256 Å². The van der Waals surface area contributed by atoms with Gasteiger partial charge in [-0.15, -0.1) is 0 Å². The third kappa shape index (κ3) is 8.46. The molecule has 0 bridgehead atoms. The van der Waals surface area contributed by atoms with E-state index in [1.54, 1.807) is 0 Å². The smallest absolute Gasteiger partial charge is 0.240 e. The molecule has 0 spiro atoms. The molecule has 3 aromatic carbocycles. The van der Waals surface area contributed by atoms with Gasteiger partial charge in [-0.3, -0.25) is 20.0 Å². The molecule has 0 unspecified atom stereocenters. The summed E-state index contributed by atoms with van der Waals surface area (Å²) in [6.07, 6.45) is 3.33. The quantitative estimate of drug-likeness (QED) is 0.145. The minimum atomic E-state index is -0.227. The molecule has 0 radical (unpaired) electrons. The van der Waals surface area contributed by atoms with Crippen LogP contribution in [0.4, 0.5) is 0 Å². The molecule has 8 heteroatoms. The monoisotopic (exact) mass is 590 g/mol. The average Bonchev–Trinajstić information content (AvgIpc) is 2.99. The first-order valence-corrected chi connectivity index (χ1v) is 15.7. The Balaban J connectivity index is 1.50. The van der Waals surface area contributed by atoms with Gasteiger partial charge in [0.1, 0.15) is 0 Å². The normalized spacial score (nSPS) is 18.4. The Morgan fingerprint density at radius 1 is 1.05 bits per heavy atom. The zero-order valence-corrected chi connectivity index (χ0v) is 26.1. The van der Waals surface area contributed by atoms with Crippen molar-refractivity contribution >= 4 is 34.2 Å². The number of guanidine groups is 1. The number of carbonyl (C=O) groups is 1. The number of nitrogens with zero attached hydrogens (tertiary/aromatic N) is 3. The summed E-state index contributed by atoms with van der Waals surface area (Å²) in [5, 5.41) is 13.7. The molecule has 1 aliphatic heterocycles. The van der Waals surface area contributed by atoms with Crippen LogP contribution in [0.3, 0.4) is 0 Å². The van der Waals surface area contributed by atoms with Crippen LogP contribution in [-0.4, -0.2) is 84.0 Å². The standard InChI is InChI=1S/C34H47ClN6O/c1-4-39(5-2)32(22-26-13-16-30(35)17-14-26)33(42)41-23-25(3)40(24-31(41)11-8-19-38-34(36)37)20-18-27-12-15-28-9-6-7-10-29(28)21-27/h6-7,9-10,12-17,21,25,31-32H,4-5,8,11,18-20,22-24H2,1-3H3,(H4,36,37,38)/t25-,31+,32-/m1/s1. The highest BCUT2D eigenvalue weighted by molar-refractivity contribution is 6.30. The summed E-state index contributed by atoms with van der Waals surface area (Å²) < 4.78 is 0. The van der Waals surface area contributed by atoms with Crippen LogP contribution in [0.1, 0.15) is 44.7 Å². The van der Waals surface area contributed by atoms with Crippen LogP contribution < -0.4 is 11.1 Å². The third-order valence-electron chi connectivity index (χ3n) is 8.67.